The molecule has 0 saturated heterocycles. The van der Waals surface area contributed by atoms with Crippen molar-refractivity contribution in [1.29, 1.82) is 0 Å². The quantitative estimate of drug-likeness (QED) is 0.720. The van der Waals surface area contributed by atoms with Crippen molar-refractivity contribution in [3.05, 3.63) is 35.8 Å². The summed E-state index contributed by atoms with van der Waals surface area (Å²) in [6, 6.07) is 4.72. The predicted octanol–water partition coefficient (Wildman–Crippen LogP) is 1.96. The van der Waals surface area contributed by atoms with Crippen LogP contribution < -0.4 is 5.90 Å². The van der Waals surface area contributed by atoms with Crippen molar-refractivity contribution < 1.29 is 13.6 Å². The van der Waals surface area contributed by atoms with E-state index in [0.717, 1.165) is 5.56 Å². The van der Waals surface area contributed by atoms with Gasteiger partial charge in [-0.3, -0.25) is 4.84 Å². The van der Waals surface area contributed by atoms with Crippen molar-refractivity contribution in [3.63, 3.8) is 0 Å². The average molecular weight is 181 g/mol. The Hall–Kier alpha value is -1.39. The Morgan fingerprint density at radius 1 is 1.46 bits per heavy atom. The van der Waals surface area contributed by atoms with Crippen LogP contribution in [0.3, 0.4) is 0 Å². The molecule has 1 aromatic heterocycles. The Morgan fingerprint density at radius 2 is 2.31 bits per heavy atom. The van der Waals surface area contributed by atoms with Gasteiger partial charge in [0.05, 0.1) is 12.9 Å². The van der Waals surface area contributed by atoms with E-state index in [1.54, 1.807) is 12.1 Å². The monoisotopic (exact) mass is 181 g/mol. The standard InChI is InChI=1S/C9H8FNO2/c10-8-3-1-2-7-6(5-13-11)4-12-9(7)8/h1-4H,5,11H2. The van der Waals surface area contributed by atoms with Gasteiger partial charge < -0.3 is 4.42 Å². The van der Waals surface area contributed by atoms with Gasteiger partial charge in [0.15, 0.2) is 11.4 Å². The summed E-state index contributed by atoms with van der Waals surface area (Å²) in [5.41, 5.74) is 0.992. The minimum absolute atomic E-state index is 0.219. The number of rotatable bonds is 2. The third-order valence-corrected chi connectivity index (χ3v) is 1.87. The van der Waals surface area contributed by atoms with Crippen molar-refractivity contribution >= 4 is 11.0 Å². The highest BCUT2D eigenvalue weighted by atomic mass is 19.1. The molecule has 0 fully saturated rings. The van der Waals surface area contributed by atoms with E-state index in [9.17, 15) is 4.39 Å². The fourth-order valence-electron chi connectivity index (χ4n) is 1.28. The van der Waals surface area contributed by atoms with Gasteiger partial charge in [-0.2, -0.15) is 0 Å². The minimum Gasteiger partial charge on any atom is -0.461 e. The van der Waals surface area contributed by atoms with Crippen molar-refractivity contribution in [1.82, 2.24) is 0 Å². The Balaban J connectivity index is 2.61. The summed E-state index contributed by atoms with van der Waals surface area (Å²) in [5, 5.41) is 0.699. The van der Waals surface area contributed by atoms with Crippen LogP contribution in [0.15, 0.2) is 28.9 Å². The molecular weight excluding hydrogens is 173 g/mol. The molecule has 0 bridgehead atoms. The zero-order valence-electron chi connectivity index (χ0n) is 6.79. The minimum atomic E-state index is -0.374. The molecule has 0 radical (unpaired) electrons. The summed E-state index contributed by atoms with van der Waals surface area (Å²) in [7, 11) is 0. The first kappa shape index (κ1) is 8.22. The van der Waals surface area contributed by atoms with E-state index in [-0.39, 0.29) is 18.0 Å². The maximum Gasteiger partial charge on any atom is 0.169 e. The molecule has 3 nitrogen and oxygen atoms in total. The van der Waals surface area contributed by atoms with Gasteiger partial charge in [-0.25, -0.2) is 10.3 Å². The average Bonchev–Trinajstić information content (AvgIpc) is 2.51. The fourth-order valence-corrected chi connectivity index (χ4v) is 1.28. The van der Waals surface area contributed by atoms with Crippen LogP contribution in [0.5, 0.6) is 0 Å². The van der Waals surface area contributed by atoms with Crippen LogP contribution in [0, 0.1) is 5.82 Å². The SMILES string of the molecule is NOCc1coc2c(F)cccc12. The van der Waals surface area contributed by atoms with Crippen molar-refractivity contribution in [2.24, 2.45) is 5.90 Å². The van der Waals surface area contributed by atoms with Crippen molar-refractivity contribution in [2.75, 3.05) is 0 Å². The molecule has 0 amide bonds. The topological polar surface area (TPSA) is 48.4 Å². The Labute approximate surface area is 73.8 Å². The Bertz CT molecular complexity index is 424. The maximum absolute atomic E-state index is 13.1. The first-order chi connectivity index (χ1) is 6.33. The number of para-hydroxylation sites is 1. The number of furan rings is 1. The summed E-state index contributed by atoms with van der Waals surface area (Å²) in [6.45, 7) is 0.219. The van der Waals surface area contributed by atoms with Gasteiger partial charge in [0.25, 0.3) is 0 Å². The number of nitrogens with two attached hydrogens (primary N) is 1. The van der Waals surface area contributed by atoms with Crippen LogP contribution in [0.2, 0.25) is 0 Å². The number of halogens is 1. The summed E-state index contributed by atoms with van der Waals surface area (Å²) < 4.78 is 18.1. The molecular formula is C9H8FNO2. The highest BCUT2D eigenvalue weighted by Gasteiger charge is 2.08. The third kappa shape index (κ3) is 1.30. The molecule has 0 aliphatic rings. The second-order valence-corrected chi connectivity index (χ2v) is 2.69. The van der Waals surface area contributed by atoms with E-state index >= 15 is 0 Å². The summed E-state index contributed by atoms with van der Waals surface area (Å²) in [4.78, 5) is 4.45. The lowest BCUT2D eigenvalue weighted by Crippen LogP contribution is -1.97. The van der Waals surface area contributed by atoms with E-state index in [0.29, 0.717) is 5.39 Å². The molecule has 0 unspecified atom stereocenters. The Kier molecular flexibility index (Phi) is 2.00. The molecule has 2 N–H and O–H groups in total. The normalized spacial score (nSPS) is 10.9. The molecule has 2 rings (SSSR count). The molecule has 0 aliphatic carbocycles. The number of benzene rings is 1. The van der Waals surface area contributed by atoms with Crippen molar-refractivity contribution in [2.45, 2.75) is 6.61 Å². The first-order valence-corrected chi connectivity index (χ1v) is 3.79. The Morgan fingerprint density at radius 3 is 3.08 bits per heavy atom. The van der Waals surface area contributed by atoms with Crippen LogP contribution in [-0.4, -0.2) is 0 Å². The van der Waals surface area contributed by atoms with Gasteiger partial charge in [-0.1, -0.05) is 12.1 Å². The fraction of sp³-hybridized carbons (Fsp3) is 0.111. The molecule has 1 aromatic carbocycles. The highest BCUT2D eigenvalue weighted by Crippen LogP contribution is 2.23. The molecule has 4 heteroatoms. The summed E-state index contributed by atoms with van der Waals surface area (Å²) in [6.07, 6.45) is 1.45. The van der Waals surface area contributed by atoms with Crippen LogP contribution in [0.4, 0.5) is 4.39 Å². The first-order valence-electron chi connectivity index (χ1n) is 3.79. The summed E-state index contributed by atoms with van der Waals surface area (Å²) >= 11 is 0. The molecule has 0 spiro atoms. The second-order valence-electron chi connectivity index (χ2n) is 2.69. The van der Waals surface area contributed by atoms with Gasteiger partial charge in [-0.15, -0.1) is 0 Å². The van der Waals surface area contributed by atoms with E-state index < -0.39 is 0 Å². The maximum atomic E-state index is 13.1. The lowest BCUT2D eigenvalue weighted by Gasteiger charge is -1.94. The summed E-state index contributed by atoms with van der Waals surface area (Å²) in [5.74, 6) is 4.54. The smallest absolute Gasteiger partial charge is 0.169 e. The molecule has 13 heavy (non-hydrogen) atoms. The van der Waals surface area contributed by atoms with Crippen molar-refractivity contribution in [3.8, 4) is 0 Å². The largest absolute Gasteiger partial charge is 0.461 e. The number of hydrogen-bond donors (Lipinski definition) is 1. The van der Waals surface area contributed by atoms with E-state index in [2.05, 4.69) is 4.84 Å². The zero-order valence-corrected chi connectivity index (χ0v) is 6.79. The number of hydrogen-bond acceptors (Lipinski definition) is 3. The number of fused-ring (bicyclic) bond motifs is 1. The van der Waals surface area contributed by atoms with Crippen LogP contribution in [-0.2, 0) is 11.4 Å². The second kappa shape index (κ2) is 3.16. The highest BCUT2D eigenvalue weighted by molar-refractivity contribution is 5.81. The third-order valence-electron chi connectivity index (χ3n) is 1.87. The zero-order chi connectivity index (χ0) is 9.26. The lowest BCUT2D eigenvalue weighted by molar-refractivity contribution is 0.124. The van der Waals surface area contributed by atoms with Gasteiger partial charge in [0.2, 0.25) is 0 Å². The predicted molar refractivity (Wildman–Crippen MR) is 45.1 cm³/mol. The van der Waals surface area contributed by atoms with Gasteiger partial charge in [-0.05, 0) is 6.07 Å². The van der Waals surface area contributed by atoms with E-state index in [1.165, 1.54) is 12.3 Å². The van der Waals surface area contributed by atoms with E-state index in [1.807, 2.05) is 0 Å². The van der Waals surface area contributed by atoms with E-state index in [4.69, 9.17) is 10.3 Å². The molecule has 0 atom stereocenters. The molecule has 2 aromatic rings. The lowest BCUT2D eigenvalue weighted by atomic mass is 10.2. The van der Waals surface area contributed by atoms with Gasteiger partial charge in [0.1, 0.15) is 0 Å². The van der Waals surface area contributed by atoms with Gasteiger partial charge in [0, 0.05) is 10.9 Å². The molecule has 0 aliphatic heterocycles. The molecule has 68 valence electrons. The van der Waals surface area contributed by atoms with Crippen LogP contribution in [0.25, 0.3) is 11.0 Å². The van der Waals surface area contributed by atoms with Gasteiger partial charge >= 0.3 is 0 Å². The van der Waals surface area contributed by atoms with Crippen LogP contribution >= 0.6 is 0 Å². The van der Waals surface area contributed by atoms with Crippen LogP contribution in [0.1, 0.15) is 5.56 Å². The molecule has 0 saturated carbocycles. The molecule has 1 heterocycles.